The number of carbonyl (C=O) groups is 3. The van der Waals surface area contributed by atoms with Gasteiger partial charge in [0.05, 0.1) is 0 Å². The van der Waals surface area contributed by atoms with Crippen LogP contribution in [0.5, 0.6) is 0 Å². The van der Waals surface area contributed by atoms with Crippen LogP contribution < -0.4 is 0 Å². The highest BCUT2D eigenvalue weighted by molar-refractivity contribution is 6.32. The summed E-state index contributed by atoms with van der Waals surface area (Å²) >= 11 is 0. The lowest BCUT2D eigenvalue weighted by atomic mass is 10.4. The Balaban J connectivity index is 0.000000148. The van der Waals surface area contributed by atoms with Crippen LogP contribution in [0.3, 0.4) is 0 Å². The van der Waals surface area contributed by atoms with Crippen molar-refractivity contribution in [3.8, 4) is 0 Å². The van der Waals surface area contributed by atoms with Crippen LogP contribution in [-0.4, -0.2) is 28.3 Å². The molecule has 2 aliphatic rings. The first-order valence-corrected chi connectivity index (χ1v) is 2.40. The van der Waals surface area contributed by atoms with Crippen molar-refractivity contribution in [1.29, 1.82) is 0 Å². The van der Waals surface area contributed by atoms with Crippen LogP contribution in [0.15, 0.2) is 11.8 Å². The fourth-order valence-electron chi connectivity index (χ4n) is 0.622. The molecule has 0 atom stereocenters. The summed E-state index contributed by atoms with van der Waals surface area (Å²) in [5.74, 6) is -0.287. The summed E-state index contributed by atoms with van der Waals surface area (Å²) in [7, 11) is 0. The zero-order valence-corrected chi connectivity index (χ0v) is 4.77. The molecule has 1 fully saturated rings. The van der Waals surface area contributed by atoms with Crippen molar-refractivity contribution in [2.45, 2.75) is 0 Å². The minimum absolute atomic E-state index is 0.120. The fourth-order valence-corrected chi connectivity index (χ4v) is 0.622. The van der Waals surface area contributed by atoms with Gasteiger partial charge in [-0.2, -0.15) is 0 Å². The van der Waals surface area contributed by atoms with Gasteiger partial charge in [0.2, 0.25) is 0 Å². The molecule has 1 saturated heterocycles. The number of carbonyl (C=O) groups excluding carboxylic acids is 2. The van der Waals surface area contributed by atoms with Gasteiger partial charge in [0.15, 0.2) is 0 Å². The van der Waals surface area contributed by atoms with Crippen molar-refractivity contribution < 1.29 is 19.5 Å². The van der Waals surface area contributed by atoms with E-state index < -0.39 is 0 Å². The second-order valence-electron chi connectivity index (χ2n) is 1.61. The van der Waals surface area contributed by atoms with E-state index in [1.54, 1.807) is 0 Å². The third-order valence-corrected chi connectivity index (χ3v) is 1.09. The van der Waals surface area contributed by atoms with Crippen LogP contribution in [0.25, 0.3) is 0 Å². The van der Waals surface area contributed by atoms with Crippen LogP contribution in [-0.2, 0) is 14.4 Å². The monoisotopic (exact) mass is 141 g/mol. The van der Waals surface area contributed by atoms with E-state index in [1.807, 2.05) is 0 Å². The van der Waals surface area contributed by atoms with E-state index in [0.29, 0.717) is 5.70 Å². The molecular formula is C5H3NO4. The molecule has 2 aliphatic heterocycles. The predicted octanol–water partition coefficient (Wildman–Crippen LogP) is -1.05. The van der Waals surface area contributed by atoms with E-state index in [9.17, 15) is 9.59 Å². The number of hydrogen-bond donors (Lipinski definition) is 1. The highest BCUT2D eigenvalue weighted by Gasteiger charge is 2.52. The molecule has 0 aliphatic carbocycles. The van der Waals surface area contributed by atoms with Gasteiger partial charge in [0, 0.05) is 6.08 Å². The van der Waals surface area contributed by atoms with Crippen molar-refractivity contribution >= 4 is 18.3 Å². The smallest absolute Gasteiger partial charge is 0.290 e. The highest BCUT2D eigenvalue weighted by atomic mass is 16.3. The Kier molecular flexibility index (Phi) is 1.26. The zero-order valence-electron chi connectivity index (χ0n) is 4.77. The molecule has 0 radical (unpaired) electrons. The summed E-state index contributed by atoms with van der Waals surface area (Å²) in [6, 6.07) is 0. The van der Waals surface area contributed by atoms with Crippen LogP contribution in [0.2, 0.25) is 0 Å². The molecule has 1 N–H and O–H groups in total. The molecule has 0 aromatic heterocycles. The lowest BCUT2D eigenvalue weighted by Crippen LogP contribution is -2.12. The largest absolute Gasteiger partial charge is 0.483 e. The zero-order chi connectivity index (χ0) is 7.72. The summed E-state index contributed by atoms with van der Waals surface area (Å²) in [4.78, 5) is 29.7. The number of fused-ring (bicyclic) bond motifs is 1. The number of amides is 2. The first-order valence-electron chi connectivity index (χ1n) is 2.40. The Morgan fingerprint density at radius 3 is 2.00 bits per heavy atom. The third kappa shape index (κ3) is 0.680. The Morgan fingerprint density at radius 1 is 1.50 bits per heavy atom. The molecule has 5 nitrogen and oxygen atoms in total. The standard InChI is InChI=1S/C4HNO2.CH2O2/c6-3-1-2-4(7)5(2)3;2-1-3/h1H;1H,(H,2,3). The van der Waals surface area contributed by atoms with Crippen LogP contribution in [0.1, 0.15) is 0 Å². The molecule has 0 saturated carbocycles. The molecule has 2 amide bonds. The van der Waals surface area contributed by atoms with E-state index in [0.717, 1.165) is 4.90 Å². The summed E-state index contributed by atoms with van der Waals surface area (Å²) in [6.07, 6.45) is 1.34. The molecule has 5 heteroatoms. The van der Waals surface area contributed by atoms with Crippen molar-refractivity contribution in [1.82, 2.24) is 4.90 Å². The van der Waals surface area contributed by atoms with E-state index >= 15 is 0 Å². The van der Waals surface area contributed by atoms with Crippen molar-refractivity contribution in [3.63, 3.8) is 0 Å². The minimum atomic E-state index is -0.250. The van der Waals surface area contributed by atoms with E-state index in [2.05, 4.69) is 0 Å². The van der Waals surface area contributed by atoms with E-state index in [4.69, 9.17) is 9.90 Å². The first-order chi connectivity index (χ1) is 4.72. The minimum Gasteiger partial charge on any atom is -0.483 e. The lowest BCUT2D eigenvalue weighted by Gasteiger charge is -1.93. The van der Waals surface area contributed by atoms with Crippen molar-refractivity contribution in [3.05, 3.63) is 11.8 Å². The number of rotatable bonds is 0. The maximum Gasteiger partial charge on any atom is 0.290 e. The van der Waals surface area contributed by atoms with E-state index in [1.165, 1.54) is 6.08 Å². The summed E-state index contributed by atoms with van der Waals surface area (Å²) in [6.45, 7) is -0.250. The third-order valence-electron chi connectivity index (χ3n) is 1.09. The molecule has 2 heterocycles. The molecule has 0 aromatic carbocycles. The molecule has 0 aromatic rings. The van der Waals surface area contributed by atoms with Crippen molar-refractivity contribution in [2.75, 3.05) is 0 Å². The normalized spacial score (nSPS) is 17.6. The molecule has 2 rings (SSSR count). The Labute approximate surface area is 55.5 Å². The topological polar surface area (TPSA) is 74.5 Å². The molecule has 0 spiro atoms. The molecule has 0 unspecified atom stereocenters. The maximum atomic E-state index is 10.1. The lowest BCUT2D eigenvalue weighted by molar-refractivity contribution is -0.126. The van der Waals surface area contributed by atoms with Crippen LogP contribution in [0.4, 0.5) is 0 Å². The van der Waals surface area contributed by atoms with Gasteiger partial charge in [-0.3, -0.25) is 14.4 Å². The molecule has 10 heavy (non-hydrogen) atoms. The number of carboxylic acid groups (broad SMARTS) is 1. The number of nitrogens with zero attached hydrogens (tertiary/aromatic N) is 1. The first kappa shape index (κ1) is 6.47. The van der Waals surface area contributed by atoms with Crippen molar-refractivity contribution in [2.24, 2.45) is 0 Å². The average molecular weight is 141 g/mol. The van der Waals surface area contributed by atoms with Crippen LogP contribution >= 0.6 is 0 Å². The SMILES string of the molecule is O=C1C=C2C(=O)N12.O=CO. The number of hydrogen-bond acceptors (Lipinski definition) is 3. The molecule has 52 valence electrons. The second kappa shape index (κ2) is 1.94. The quantitative estimate of drug-likeness (QED) is 0.265. The summed E-state index contributed by atoms with van der Waals surface area (Å²) in [5.41, 5.74) is 0.574. The predicted molar refractivity (Wildman–Crippen MR) is 28.6 cm³/mol. The fraction of sp³-hybridized carbons (Fsp3) is 0. The van der Waals surface area contributed by atoms with Gasteiger partial charge in [-0.25, -0.2) is 4.90 Å². The molecule has 0 bridgehead atoms. The molecular weight excluding hydrogens is 138 g/mol. The van der Waals surface area contributed by atoms with Gasteiger partial charge >= 0.3 is 0 Å². The maximum absolute atomic E-state index is 10.1. The summed E-state index contributed by atoms with van der Waals surface area (Å²) in [5, 5.41) is 6.89. The highest BCUT2D eigenvalue weighted by Crippen LogP contribution is 2.33. The Bertz CT molecular complexity index is 234. The number of imide groups is 1. The summed E-state index contributed by atoms with van der Waals surface area (Å²) < 4.78 is 0. The Hall–Kier alpha value is -1.65. The van der Waals surface area contributed by atoms with Gasteiger partial charge in [-0.15, -0.1) is 0 Å². The van der Waals surface area contributed by atoms with Gasteiger partial charge < -0.3 is 5.11 Å². The van der Waals surface area contributed by atoms with E-state index in [-0.39, 0.29) is 18.3 Å². The van der Waals surface area contributed by atoms with Crippen LogP contribution in [0, 0.1) is 0 Å². The second-order valence-corrected chi connectivity index (χ2v) is 1.61. The van der Waals surface area contributed by atoms with Gasteiger partial charge in [0.1, 0.15) is 5.70 Å². The van der Waals surface area contributed by atoms with Gasteiger partial charge in [0.25, 0.3) is 18.3 Å². The average Bonchev–Trinajstić information content (AvgIpc) is 2.35. The van der Waals surface area contributed by atoms with Gasteiger partial charge in [-0.05, 0) is 0 Å². The van der Waals surface area contributed by atoms with Gasteiger partial charge in [-0.1, -0.05) is 0 Å². The Morgan fingerprint density at radius 2 is 2.00 bits per heavy atom.